The van der Waals surface area contributed by atoms with Gasteiger partial charge < -0.3 is 4.90 Å². The highest BCUT2D eigenvalue weighted by atomic mass is 32.2. The number of carbonyl (C=O) groups excluding carboxylic acids is 1. The third kappa shape index (κ3) is 2.88. The fraction of sp³-hybridized carbons (Fsp3) is 0.438. The van der Waals surface area contributed by atoms with Gasteiger partial charge >= 0.3 is 0 Å². The number of amides is 1. The zero-order valence-corrected chi connectivity index (χ0v) is 13.9. The van der Waals surface area contributed by atoms with Crippen molar-refractivity contribution in [1.29, 1.82) is 0 Å². The predicted molar refractivity (Wildman–Crippen MR) is 88.2 cm³/mol. The second-order valence-corrected chi connectivity index (χ2v) is 7.04. The van der Waals surface area contributed by atoms with E-state index in [9.17, 15) is 4.79 Å². The molecule has 2 aromatic heterocycles. The molecule has 1 saturated heterocycles. The molecule has 3 heterocycles. The van der Waals surface area contributed by atoms with Crippen molar-refractivity contribution in [2.24, 2.45) is 13.0 Å². The molecule has 0 aromatic carbocycles. The van der Waals surface area contributed by atoms with Gasteiger partial charge in [-0.25, -0.2) is 0 Å². The van der Waals surface area contributed by atoms with E-state index in [-0.39, 0.29) is 11.3 Å². The second kappa shape index (κ2) is 6.12. The highest BCUT2D eigenvalue weighted by Gasteiger charge is 2.34. The summed E-state index contributed by atoms with van der Waals surface area (Å²) >= 11 is 1.68. The number of carbonyl (C=O) groups is 1. The standard InChI is InChI=1S/C16H20N4OS/c1-11(2)8-20-15(21)10-22-16(20)14-7-17-5-4-13(14)12-6-18-19(3)9-12/h4-7,9,11,16H,8,10H2,1-3H3. The largest absolute Gasteiger partial charge is 0.325 e. The molecule has 0 bridgehead atoms. The molecule has 3 rings (SSSR count). The van der Waals surface area contributed by atoms with E-state index in [1.54, 1.807) is 22.6 Å². The molecular formula is C16H20N4OS. The van der Waals surface area contributed by atoms with Crippen molar-refractivity contribution in [3.8, 4) is 11.1 Å². The van der Waals surface area contributed by atoms with E-state index in [0.29, 0.717) is 11.7 Å². The molecule has 1 fully saturated rings. The van der Waals surface area contributed by atoms with Crippen LogP contribution >= 0.6 is 11.8 Å². The summed E-state index contributed by atoms with van der Waals surface area (Å²) in [5.74, 6) is 1.20. The maximum Gasteiger partial charge on any atom is 0.233 e. The van der Waals surface area contributed by atoms with Crippen LogP contribution in [-0.2, 0) is 11.8 Å². The molecule has 0 saturated carbocycles. The number of pyridine rings is 1. The number of thioether (sulfide) groups is 1. The lowest BCUT2D eigenvalue weighted by Gasteiger charge is -2.27. The Labute approximate surface area is 134 Å². The molecule has 0 spiro atoms. The van der Waals surface area contributed by atoms with E-state index in [2.05, 4.69) is 23.9 Å². The van der Waals surface area contributed by atoms with Crippen LogP contribution in [0.4, 0.5) is 0 Å². The Bertz CT molecular complexity index is 682. The van der Waals surface area contributed by atoms with Crippen molar-refractivity contribution in [2.45, 2.75) is 19.2 Å². The highest BCUT2D eigenvalue weighted by molar-refractivity contribution is 8.00. The molecular weight excluding hydrogens is 296 g/mol. The molecule has 5 nitrogen and oxygen atoms in total. The van der Waals surface area contributed by atoms with E-state index < -0.39 is 0 Å². The molecule has 1 unspecified atom stereocenters. The Hall–Kier alpha value is -1.82. The lowest BCUT2D eigenvalue weighted by Crippen LogP contribution is -2.31. The van der Waals surface area contributed by atoms with E-state index in [1.807, 2.05) is 36.6 Å². The van der Waals surface area contributed by atoms with Gasteiger partial charge in [-0.05, 0) is 17.5 Å². The summed E-state index contributed by atoms with van der Waals surface area (Å²) in [6.07, 6.45) is 7.52. The summed E-state index contributed by atoms with van der Waals surface area (Å²) in [4.78, 5) is 18.5. The van der Waals surface area contributed by atoms with Gasteiger partial charge in [0.25, 0.3) is 0 Å². The van der Waals surface area contributed by atoms with Gasteiger partial charge in [0.2, 0.25) is 5.91 Å². The number of aryl methyl sites for hydroxylation is 1. The highest BCUT2D eigenvalue weighted by Crippen LogP contribution is 2.42. The first-order valence-electron chi connectivity index (χ1n) is 7.40. The summed E-state index contributed by atoms with van der Waals surface area (Å²) in [5, 5.41) is 4.29. The van der Waals surface area contributed by atoms with Gasteiger partial charge in [-0.15, -0.1) is 11.8 Å². The van der Waals surface area contributed by atoms with Gasteiger partial charge in [-0.2, -0.15) is 5.10 Å². The SMILES string of the molecule is CC(C)CN1C(=O)CSC1c1cnccc1-c1cnn(C)c1. The van der Waals surface area contributed by atoms with Crippen molar-refractivity contribution in [3.63, 3.8) is 0 Å². The Balaban J connectivity index is 1.99. The maximum absolute atomic E-state index is 12.2. The molecule has 0 radical (unpaired) electrons. The molecule has 22 heavy (non-hydrogen) atoms. The van der Waals surface area contributed by atoms with Crippen LogP contribution < -0.4 is 0 Å². The van der Waals surface area contributed by atoms with Crippen LogP contribution in [0, 0.1) is 5.92 Å². The van der Waals surface area contributed by atoms with E-state index in [4.69, 9.17) is 0 Å². The zero-order valence-electron chi connectivity index (χ0n) is 13.1. The van der Waals surface area contributed by atoms with E-state index in [1.165, 1.54) is 0 Å². The number of rotatable bonds is 4. The predicted octanol–water partition coefficient (Wildman–Crippen LogP) is 2.71. The van der Waals surface area contributed by atoms with Gasteiger partial charge in [0.1, 0.15) is 5.37 Å². The lowest BCUT2D eigenvalue weighted by atomic mass is 10.0. The number of aromatic nitrogens is 3. The molecule has 0 N–H and O–H groups in total. The minimum Gasteiger partial charge on any atom is -0.325 e. The van der Waals surface area contributed by atoms with Crippen molar-refractivity contribution < 1.29 is 4.79 Å². The summed E-state index contributed by atoms with van der Waals surface area (Å²) in [6, 6.07) is 2.00. The minimum absolute atomic E-state index is 0.0406. The first-order valence-corrected chi connectivity index (χ1v) is 8.45. The topological polar surface area (TPSA) is 51.0 Å². The van der Waals surface area contributed by atoms with Crippen LogP contribution in [0.15, 0.2) is 30.9 Å². The fourth-order valence-corrected chi connectivity index (χ4v) is 3.95. The van der Waals surface area contributed by atoms with Crippen molar-refractivity contribution in [3.05, 3.63) is 36.4 Å². The summed E-state index contributed by atoms with van der Waals surface area (Å²) in [7, 11) is 1.91. The Kier molecular flexibility index (Phi) is 4.20. The van der Waals surface area contributed by atoms with Crippen LogP contribution in [-0.4, -0.2) is 37.9 Å². The number of hydrogen-bond acceptors (Lipinski definition) is 4. The Morgan fingerprint density at radius 1 is 1.41 bits per heavy atom. The summed E-state index contributed by atoms with van der Waals surface area (Å²) in [6.45, 7) is 5.05. The first kappa shape index (κ1) is 15.1. The van der Waals surface area contributed by atoms with Crippen LogP contribution in [0.2, 0.25) is 0 Å². The molecule has 1 aliphatic heterocycles. The first-order chi connectivity index (χ1) is 10.6. The van der Waals surface area contributed by atoms with Crippen LogP contribution in [0.5, 0.6) is 0 Å². The molecule has 1 atom stereocenters. The minimum atomic E-state index is 0.0406. The van der Waals surface area contributed by atoms with E-state index >= 15 is 0 Å². The van der Waals surface area contributed by atoms with Crippen molar-refractivity contribution in [2.75, 3.05) is 12.3 Å². The van der Waals surface area contributed by atoms with Gasteiger partial charge in [0.15, 0.2) is 0 Å². The van der Waals surface area contributed by atoms with Crippen LogP contribution in [0.1, 0.15) is 24.8 Å². The van der Waals surface area contributed by atoms with Gasteiger partial charge in [0, 0.05) is 43.3 Å². The van der Waals surface area contributed by atoms with Crippen LogP contribution in [0.3, 0.4) is 0 Å². The van der Waals surface area contributed by atoms with Crippen molar-refractivity contribution >= 4 is 17.7 Å². The lowest BCUT2D eigenvalue weighted by molar-refractivity contribution is -0.128. The Morgan fingerprint density at radius 3 is 2.91 bits per heavy atom. The van der Waals surface area contributed by atoms with E-state index in [0.717, 1.165) is 23.2 Å². The molecule has 1 amide bonds. The average molecular weight is 316 g/mol. The van der Waals surface area contributed by atoms with Gasteiger partial charge in [-0.3, -0.25) is 14.5 Å². The van der Waals surface area contributed by atoms with Gasteiger partial charge in [-0.1, -0.05) is 13.8 Å². The maximum atomic E-state index is 12.2. The zero-order chi connectivity index (χ0) is 15.7. The average Bonchev–Trinajstić information content (AvgIpc) is 3.06. The second-order valence-electron chi connectivity index (χ2n) is 5.97. The number of nitrogens with zero attached hydrogens (tertiary/aromatic N) is 4. The van der Waals surface area contributed by atoms with Crippen LogP contribution in [0.25, 0.3) is 11.1 Å². The smallest absolute Gasteiger partial charge is 0.233 e. The Morgan fingerprint density at radius 2 is 2.23 bits per heavy atom. The molecule has 1 aliphatic rings. The third-order valence-corrected chi connectivity index (χ3v) is 4.90. The van der Waals surface area contributed by atoms with Gasteiger partial charge in [0.05, 0.1) is 11.9 Å². The van der Waals surface area contributed by atoms with Crippen molar-refractivity contribution in [1.82, 2.24) is 19.7 Å². The summed E-state index contributed by atoms with van der Waals surface area (Å²) < 4.78 is 1.79. The molecule has 6 heteroatoms. The fourth-order valence-electron chi connectivity index (χ4n) is 2.73. The molecule has 2 aromatic rings. The summed E-state index contributed by atoms with van der Waals surface area (Å²) in [5.41, 5.74) is 3.25. The molecule has 116 valence electrons. The molecule has 0 aliphatic carbocycles. The quantitative estimate of drug-likeness (QED) is 0.870. The normalized spacial score (nSPS) is 18.5. The third-order valence-electron chi connectivity index (χ3n) is 3.66. The monoisotopic (exact) mass is 316 g/mol. The number of hydrogen-bond donors (Lipinski definition) is 0.